The molecule has 0 unspecified atom stereocenters. The molecular weight excluding hydrogens is 364 g/mol. The predicted molar refractivity (Wildman–Crippen MR) is 108 cm³/mol. The zero-order chi connectivity index (χ0) is 19.1. The maximum atomic E-state index is 12.3. The second-order valence-corrected chi connectivity index (χ2v) is 7.73. The first-order chi connectivity index (χ1) is 13.2. The predicted octanol–water partition coefficient (Wildman–Crippen LogP) is 3.32. The van der Waals surface area contributed by atoms with Gasteiger partial charge < -0.3 is 15.4 Å². The lowest BCUT2D eigenvalue weighted by atomic mass is 10.2. The second-order valence-electron chi connectivity index (χ2n) is 6.53. The van der Waals surface area contributed by atoms with Gasteiger partial charge in [0.1, 0.15) is 11.0 Å². The number of hydrogen-bond donors (Lipinski definition) is 2. The third-order valence-corrected chi connectivity index (χ3v) is 5.56. The van der Waals surface area contributed by atoms with Crippen LogP contribution < -0.4 is 15.4 Å². The van der Waals surface area contributed by atoms with Gasteiger partial charge in [0.2, 0.25) is 11.8 Å². The highest BCUT2D eigenvalue weighted by Gasteiger charge is 2.32. The van der Waals surface area contributed by atoms with Crippen LogP contribution >= 0.6 is 11.8 Å². The molecular formula is C19H24N4O3S. The summed E-state index contributed by atoms with van der Waals surface area (Å²) in [4.78, 5) is 24.4. The van der Waals surface area contributed by atoms with Crippen molar-refractivity contribution in [3.63, 3.8) is 0 Å². The van der Waals surface area contributed by atoms with Crippen LogP contribution in [0.5, 0.6) is 5.75 Å². The summed E-state index contributed by atoms with van der Waals surface area (Å²) in [5.41, 5.74) is 1.68. The third-order valence-electron chi connectivity index (χ3n) is 4.49. The summed E-state index contributed by atoms with van der Waals surface area (Å²) < 4.78 is 5.22. The van der Waals surface area contributed by atoms with Gasteiger partial charge in [0.05, 0.1) is 12.8 Å². The number of anilines is 1. The van der Waals surface area contributed by atoms with Crippen LogP contribution in [0.2, 0.25) is 0 Å². The van der Waals surface area contributed by atoms with Gasteiger partial charge in [-0.15, -0.1) is 5.10 Å². The normalized spacial score (nSPS) is 21.5. The minimum absolute atomic E-state index is 0.0597. The number of methoxy groups -OCH3 is 1. The van der Waals surface area contributed by atoms with E-state index in [0.717, 1.165) is 31.4 Å². The molecule has 2 aliphatic rings. The molecule has 0 bridgehead atoms. The molecule has 27 heavy (non-hydrogen) atoms. The molecule has 1 aliphatic carbocycles. The summed E-state index contributed by atoms with van der Waals surface area (Å²) in [6.45, 7) is 0. The average Bonchev–Trinajstić information content (AvgIpc) is 2.86. The van der Waals surface area contributed by atoms with E-state index in [1.807, 2.05) is 12.1 Å². The number of hydrogen-bond acceptors (Lipinski definition) is 6. The van der Waals surface area contributed by atoms with Crippen LogP contribution in [0.4, 0.5) is 5.69 Å². The van der Waals surface area contributed by atoms with Crippen LogP contribution in [-0.2, 0) is 9.59 Å². The molecule has 0 spiro atoms. The van der Waals surface area contributed by atoms with E-state index in [4.69, 9.17) is 4.74 Å². The van der Waals surface area contributed by atoms with E-state index in [9.17, 15) is 9.59 Å². The highest BCUT2D eigenvalue weighted by atomic mass is 32.2. The largest absolute Gasteiger partial charge is 0.495 e. The first kappa shape index (κ1) is 19.4. The number of carbonyl (C=O) groups excluding carboxylic acids is 2. The van der Waals surface area contributed by atoms with E-state index < -0.39 is 5.25 Å². The van der Waals surface area contributed by atoms with Gasteiger partial charge in [-0.2, -0.15) is 5.10 Å². The molecule has 8 heteroatoms. The zero-order valence-electron chi connectivity index (χ0n) is 15.4. The van der Waals surface area contributed by atoms with Gasteiger partial charge in [0.15, 0.2) is 5.17 Å². The SMILES string of the molecule is COc1ccccc1NC(=O)C[C@@H]1S/C(=N/N=C2CCCCCC2)NC1=O. The van der Waals surface area contributed by atoms with E-state index in [-0.39, 0.29) is 18.2 Å². The molecule has 0 radical (unpaired) electrons. The molecule has 7 nitrogen and oxygen atoms in total. The molecule has 144 valence electrons. The van der Waals surface area contributed by atoms with Crippen LogP contribution in [0.25, 0.3) is 0 Å². The Morgan fingerprint density at radius 3 is 2.70 bits per heavy atom. The van der Waals surface area contributed by atoms with Crippen molar-refractivity contribution in [3.8, 4) is 5.75 Å². The Bertz CT molecular complexity index is 753. The second kappa shape index (κ2) is 9.55. The van der Waals surface area contributed by atoms with Crippen LogP contribution in [-0.4, -0.2) is 35.1 Å². The van der Waals surface area contributed by atoms with Gasteiger partial charge in [0.25, 0.3) is 0 Å². The molecule has 2 fully saturated rings. The molecule has 1 saturated carbocycles. The molecule has 2 N–H and O–H groups in total. The standard InChI is InChI=1S/C19H24N4O3S/c1-26-15-11-7-6-10-14(15)20-17(24)12-16-18(25)21-19(27-16)23-22-13-8-4-2-3-5-9-13/h6-7,10-11,16H,2-5,8-9,12H2,1H3,(H,20,24)(H,21,23,25)/t16-/m0/s1. The van der Waals surface area contributed by atoms with E-state index in [1.165, 1.54) is 24.6 Å². The number of benzene rings is 1. The first-order valence-corrected chi connectivity index (χ1v) is 10.1. The molecule has 1 saturated heterocycles. The molecule has 3 rings (SSSR count). The van der Waals surface area contributed by atoms with Crippen LogP contribution in [0.3, 0.4) is 0 Å². The maximum Gasteiger partial charge on any atom is 0.240 e. The van der Waals surface area contributed by atoms with E-state index in [1.54, 1.807) is 19.2 Å². The summed E-state index contributed by atoms with van der Waals surface area (Å²) in [6, 6.07) is 7.16. The fourth-order valence-electron chi connectivity index (χ4n) is 3.06. The van der Waals surface area contributed by atoms with E-state index >= 15 is 0 Å². The van der Waals surface area contributed by atoms with Crippen molar-refractivity contribution < 1.29 is 14.3 Å². The molecule has 1 aliphatic heterocycles. The van der Waals surface area contributed by atoms with E-state index in [2.05, 4.69) is 20.8 Å². The Kier molecular flexibility index (Phi) is 6.86. The Morgan fingerprint density at radius 2 is 1.96 bits per heavy atom. The number of ether oxygens (including phenoxy) is 1. The van der Waals surface area contributed by atoms with Gasteiger partial charge in [-0.25, -0.2) is 0 Å². The lowest BCUT2D eigenvalue weighted by Gasteiger charge is -2.10. The lowest BCUT2D eigenvalue weighted by Crippen LogP contribution is -2.28. The fraction of sp³-hybridized carbons (Fsp3) is 0.474. The van der Waals surface area contributed by atoms with Crippen molar-refractivity contribution in [2.45, 2.75) is 50.2 Å². The number of nitrogens with zero attached hydrogens (tertiary/aromatic N) is 2. The topological polar surface area (TPSA) is 92.2 Å². The monoisotopic (exact) mass is 388 g/mol. The van der Waals surface area contributed by atoms with Crippen LogP contribution in [0, 0.1) is 0 Å². The number of nitrogens with one attached hydrogen (secondary N) is 2. The number of carbonyl (C=O) groups is 2. The molecule has 0 aromatic heterocycles. The quantitative estimate of drug-likeness (QED) is 0.598. The van der Waals surface area contributed by atoms with E-state index in [0.29, 0.717) is 16.6 Å². The minimum atomic E-state index is -0.507. The highest BCUT2D eigenvalue weighted by Crippen LogP contribution is 2.26. The number of amides is 2. The van der Waals surface area contributed by atoms with Crippen molar-refractivity contribution in [1.82, 2.24) is 5.32 Å². The number of para-hydroxylation sites is 2. The van der Waals surface area contributed by atoms with Gasteiger partial charge in [-0.1, -0.05) is 36.7 Å². The molecule has 1 atom stereocenters. The Hall–Kier alpha value is -2.35. The van der Waals surface area contributed by atoms with Crippen LogP contribution in [0.1, 0.15) is 44.9 Å². The van der Waals surface area contributed by atoms with Gasteiger partial charge in [0, 0.05) is 12.1 Å². The average molecular weight is 388 g/mol. The van der Waals surface area contributed by atoms with Crippen molar-refractivity contribution in [1.29, 1.82) is 0 Å². The molecule has 2 amide bonds. The maximum absolute atomic E-state index is 12.3. The van der Waals surface area contributed by atoms with Gasteiger partial charge in [-0.05, 0) is 37.8 Å². The summed E-state index contributed by atoms with van der Waals surface area (Å²) in [7, 11) is 1.55. The lowest BCUT2D eigenvalue weighted by molar-refractivity contribution is -0.122. The molecule has 1 heterocycles. The Labute approximate surface area is 163 Å². The smallest absolute Gasteiger partial charge is 0.240 e. The first-order valence-electron chi connectivity index (χ1n) is 9.19. The van der Waals surface area contributed by atoms with Gasteiger partial charge >= 0.3 is 0 Å². The number of amidine groups is 1. The highest BCUT2D eigenvalue weighted by molar-refractivity contribution is 8.15. The van der Waals surface area contributed by atoms with Gasteiger partial charge in [-0.3, -0.25) is 9.59 Å². The Morgan fingerprint density at radius 1 is 1.22 bits per heavy atom. The third kappa shape index (κ3) is 5.56. The van der Waals surface area contributed by atoms with Crippen molar-refractivity contribution >= 4 is 40.1 Å². The summed E-state index contributed by atoms with van der Waals surface area (Å²) in [5.74, 6) is 0.120. The zero-order valence-corrected chi connectivity index (χ0v) is 16.2. The number of thioether (sulfide) groups is 1. The van der Waals surface area contributed by atoms with Crippen molar-refractivity contribution in [2.24, 2.45) is 10.2 Å². The summed E-state index contributed by atoms with van der Waals surface area (Å²) in [6.07, 6.45) is 6.78. The van der Waals surface area contributed by atoms with Crippen LogP contribution in [0.15, 0.2) is 34.5 Å². The fourth-order valence-corrected chi connectivity index (χ4v) is 3.97. The summed E-state index contributed by atoms with van der Waals surface area (Å²) in [5, 5.41) is 14.0. The summed E-state index contributed by atoms with van der Waals surface area (Å²) >= 11 is 1.25. The Balaban J connectivity index is 1.56. The van der Waals surface area contributed by atoms with Crippen molar-refractivity contribution in [3.05, 3.63) is 24.3 Å². The minimum Gasteiger partial charge on any atom is -0.495 e. The number of rotatable bonds is 5. The molecule has 1 aromatic carbocycles. The molecule has 1 aromatic rings. The van der Waals surface area contributed by atoms with Crippen molar-refractivity contribution in [2.75, 3.05) is 12.4 Å².